The van der Waals surface area contributed by atoms with E-state index in [4.69, 9.17) is 32.7 Å². The molecule has 1 aliphatic rings. The van der Waals surface area contributed by atoms with Gasteiger partial charge in [-0.1, -0.05) is 35.3 Å². The molecule has 0 radical (unpaired) electrons. The number of hydrogen-bond donors (Lipinski definition) is 1. The van der Waals surface area contributed by atoms with E-state index in [9.17, 15) is 9.59 Å². The molecule has 1 aliphatic heterocycles. The average molecular weight is 487 g/mol. The summed E-state index contributed by atoms with van der Waals surface area (Å²) in [7, 11) is 1.28. The highest BCUT2D eigenvalue weighted by atomic mass is 79.9. The quantitative estimate of drug-likeness (QED) is 0.627. The van der Waals surface area contributed by atoms with Crippen molar-refractivity contribution in [1.82, 2.24) is 5.32 Å². The molecule has 1 amide bonds. The third-order valence-corrected chi connectivity index (χ3v) is 5.79. The molecule has 2 aromatic rings. The van der Waals surface area contributed by atoms with Crippen molar-refractivity contribution in [2.75, 3.05) is 13.7 Å². The fraction of sp³-hybridized carbons (Fsp3) is 0.300. The molecule has 0 spiro atoms. The molecule has 5 nitrogen and oxygen atoms in total. The second-order valence-electron chi connectivity index (χ2n) is 6.32. The molecule has 0 saturated carbocycles. The molecular weight excluding hydrogens is 469 g/mol. The molecule has 1 atom stereocenters. The van der Waals surface area contributed by atoms with Crippen LogP contribution in [0.3, 0.4) is 0 Å². The summed E-state index contributed by atoms with van der Waals surface area (Å²) in [6, 6.07) is 7.68. The second kappa shape index (κ2) is 9.16. The number of rotatable bonds is 5. The first kappa shape index (κ1) is 21.0. The molecule has 28 heavy (non-hydrogen) atoms. The van der Waals surface area contributed by atoms with Crippen LogP contribution in [0, 0.1) is 0 Å². The molecule has 0 aliphatic carbocycles. The Morgan fingerprint density at radius 1 is 1.25 bits per heavy atom. The van der Waals surface area contributed by atoms with Gasteiger partial charge < -0.3 is 14.8 Å². The average Bonchev–Trinajstić information content (AvgIpc) is 2.69. The molecule has 8 heteroatoms. The van der Waals surface area contributed by atoms with Crippen molar-refractivity contribution in [3.63, 3.8) is 0 Å². The van der Waals surface area contributed by atoms with Gasteiger partial charge in [0.2, 0.25) is 0 Å². The molecule has 3 rings (SSSR count). The van der Waals surface area contributed by atoms with Crippen LogP contribution in [-0.4, -0.2) is 31.6 Å². The fourth-order valence-electron chi connectivity index (χ4n) is 3.19. The molecule has 2 aromatic carbocycles. The van der Waals surface area contributed by atoms with Crippen molar-refractivity contribution >= 4 is 51.0 Å². The Balaban J connectivity index is 1.88. The molecule has 148 valence electrons. The number of benzene rings is 2. The lowest BCUT2D eigenvalue weighted by molar-refractivity contribution is -0.142. The number of methoxy groups -OCH3 is 1. The lowest BCUT2D eigenvalue weighted by Gasteiger charge is -2.24. The summed E-state index contributed by atoms with van der Waals surface area (Å²) in [6.07, 6.45) is 1.99. The van der Waals surface area contributed by atoms with Crippen LogP contribution in [0.25, 0.3) is 0 Å². The van der Waals surface area contributed by atoms with E-state index in [1.165, 1.54) is 7.11 Å². The number of fused-ring (bicyclic) bond motifs is 1. The fourth-order valence-corrected chi connectivity index (χ4v) is 4.24. The Hall–Kier alpha value is -1.76. The monoisotopic (exact) mass is 485 g/mol. The van der Waals surface area contributed by atoms with Gasteiger partial charge in [-0.25, -0.2) is 4.79 Å². The van der Waals surface area contributed by atoms with Crippen molar-refractivity contribution < 1.29 is 19.1 Å². The van der Waals surface area contributed by atoms with E-state index >= 15 is 0 Å². The Kier molecular flexibility index (Phi) is 6.86. The lowest BCUT2D eigenvalue weighted by atomic mass is 9.95. The normalized spacial score (nSPS) is 13.9. The molecular formula is C20H18BrCl2NO4. The van der Waals surface area contributed by atoms with Crippen LogP contribution in [0.4, 0.5) is 0 Å². The third kappa shape index (κ3) is 4.45. The van der Waals surface area contributed by atoms with E-state index < -0.39 is 17.9 Å². The maximum absolute atomic E-state index is 12.7. The number of ether oxygens (including phenoxy) is 2. The van der Waals surface area contributed by atoms with E-state index in [-0.39, 0.29) is 22.0 Å². The molecule has 1 N–H and O–H groups in total. The number of esters is 1. The van der Waals surface area contributed by atoms with E-state index in [2.05, 4.69) is 21.2 Å². The van der Waals surface area contributed by atoms with Crippen LogP contribution in [0.5, 0.6) is 5.75 Å². The number of carbonyl (C=O) groups is 2. The number of halogens is 3. The van der Waals surface area contributed by atoms with Gasteiger partial charge in [0.1, 0.15) is 11.8 Å². The van der Waals surface area contributed by atoms with Gasteiger partial charge in [0.05, 0.1) is 33.8 Å². The van der Waals surface area contributed by atoms with Crippen LogP contribution < -0.4 is 10.1 Å². The Labute approximate surface area is 181 Å². The summed E-state index contributed by atoms with van der Waals surface area (Å²) in [6.45, 7) is 0.650. The van der Waals surface area contributed by atoms with Crippen molar-refractivity contribution in [1.29, 1.82) is 0 Å². The van der Waals surface area contributed by atoms with Gasteiger partial charge in [-0.15, -0.1) is 0 Å². The van der Waals surface area contributed by atoms with Gasteiger partial charge in [0.25, 0.3) is 5.91 Å². The summed E-state index contributed by atoms with van der Waals surface area (Å²) in [5.74, 6) is -0.300. The van der Waals surface area contributed by atoms with E-state index in [0.717, 1.165) is 34.2 Å². The highest BCUT2D eigenvalue weighted by Crippen LogP contribution is 2.36. The molecule has 0 bridgehead atoms. The van der Waals surface area contributed by atoms with E-state index in [0.29, 0.717) is 6.61 Å². The van der Waals surface area contributed by atoms with Crippen molar-refractivity contribution in [2.24, 2.45) is 0 Å². The zero-order valence-corrected chi connectivity index (χ0v) is 18.2. The Morgan fingerprint density at radius 3 is 2.64 bits per heavy atom. The van der Waals surface area contributed by atoms with Crippen molar-refractivity contribution in [3.8, 4) is 5.75 Å². The first-order valence-electron chi connectivity index (χ1n) is 8.68. The SMILES string of the molecule is COC(=O)[C@H](Cc1ccc(Br)c2c1CCCO2)NC(=O)c1c(Cl)cccc1Cl. The van der Waals surface area contributed by atoms with E-state index in [1.54, 1.807) is 18.2 Å². The predicted octanol–water partition coefficient (Wildman–Crippen LogP) is 4.60. The van der Waals surface area contributed by atoms with E-state index in [1.807, 2.05) is 12.1 Å². The lowest BCUT2D eigenvalue weighted by Crippen LogP contribution is -2.43. The Morgan fingerprint density at radius 2 is 1.96 bits per heavy atom. The molecule has 1 heterocycles. The zero-order valence-electron chi connectivity index (χ0n) is 15.1. The standard InChI is InChI=1S/C20H18BrCl2NO4/c1-27-20(26)16(24-19(25)17-14(22)5-2-6-15(17)23)10-11-7-8-13(21)18-12(11)4-3-9-28-18/h2,5-8,16H,3-4,9-10H2,1H3,(H,24,25)/t16-/m0/s1. The summed E-state index contributed by atoms with van der Waals surface area (Å²) >= 11 is 15.7. The third-order valence-electron chi connectivity index (χ3n) is 4.53. The minimum Gasteiger partial charge on any atom is -0.492 e. The van der Waals surface area contributed by atoms with Crippen LogP contribution in [0.15, 0.2) is 34.8 Å². The molecule has 0 fully saturated rings. The summed E-state index contributed by atoms with van der Waals surface area (Å²) in [5, 5.41) is 3.12. The largest absolute Gasteiger partial charge is 0.492 e. The highest BCUT2D eigenvalue weighted by molar-refractivity contribution is 9.10. The van der Waals surface area contributed by atoms with Gasteiger partial charge in [-0.2, -0.15) is 0 Å². The van der Waals surface area contributed by atoms with Gasteiger partial charge in [0.15, 0.2) is 0 Å². The van der Waals surface area contributed by atoms with Gasteiger partial charge >= 0.3 is 5.97 Å². The second-order valence-corrected chi connectivity index (χ2v) is 7.98. The molecule has 0 aromatic heterocycles. The molecule has 0 unspecified atom stereocenters. The number of amides is 1. The smallest absolute Gasteiger partial charge is 0.328 e. The van der Waals surface area contributed by atoms with Gasteiger partial charge in [-0.05, 0) is 58.1 Å². The topological polar surface area (TPSA) is 64.6 Å². The maximum atomic E-state index is 12.7. The van der Waals surface area contributed by atoms with Crippen molar-refractivity contribution in [3.05, 3.63) is 61.5 Å². The van der Waals surface area contributed by atoms with Crippen LogP contribution >= 0.6 is 39.1 Å². The van der Waals surface area contributed by atoms with Crippen molar-refractivity contribution in [2.45, 2.75) is 25.3 Å². The van der Waals surface area contributed by atoms with Crippen LogP contribution in [0.2, 0.25) is 10.0 Å². The van der Waals surface area contributed by atoms with Gasteiger partial charge in [0, 0.05) is 6.42 Å². The predicted molar refractivity (Wildman–Crippen MR) is 111 cm³/mol. The maximum Gasteiger partial charge on any atom is 0.328 e. The minimum absolute atomic E-state index is 0.126. The Bertz CT molecular complexity index is 899. The highest BCUT2D eigenvalue weighted by Gasteiger charge is 2.27. The molecule has 0 saturated heterocycles. The zero-order chi connectivity index (χ0) is 20.3. The van der Waals surface area contributed by atoms with Crippen LogP contribution in [-0.2, 0) is 22.4 Å². The first-order valence-corrected chi connectivity index (χ1v) is 10.2. The summed E-state index contributed by atoms with van der Waals surface area (Å²) < 4.78 is 11.5. The number of nitrogens with one attached hydrogen (secondary N) is 1. The van der Waals surface area contributed by atoms with Crippen LogP contribution in [0.1, 0.15) is 27.9 Å². The summed E-state index contributed by atoms with van der Waals surface area (Å²) in [4.78, 5) is 25.1. The minimum atomic E-state index is -0.892. The summed E-state index contributed by atoms with van der Waals surface area (Å²) in [5.41, 5.74) is 2.07. The van der Waals surface area contributed by atoms with Gasteiger partial charge in [-0.3, -0.25) is 4.79 Å². The number of carbonyl (C=O) groups excluding carboxylic acids is 2. The first-order chi connectivity index (χ1) is 13.4. The number of hydrogen-bond acceptors (Lipinski definition) is 4.